The number of aryl methyl sites for hydroxylation is 1. The van der Waals surface area contributed by atoms with Gasteiger partial charge in [-0.15, -0.1) is 0 Å². The van der Waals surface area contributed by atoms with Crippen LogP contribution < -0.4 is 10.6 Å². The first kappa shape index (κ1) is 27.8. The molecule has 0 saturated carbocycles. The molecular formula is C27H33N3O4S. The molecule has 0 bridgehead atoms. The molecule has 0 fully saturated rings. The molecular weight excluding hydrogens is 462 g/mol. The summed E-state index contributed by atoms with van der Waals surface area (Å²) in [5.41, 5.74) is 2.53. The highest BCUT2D eigenvalue weighted by atomic mass is 32.1. The van der Waals surface area contributed by atoms with Crippen LogP contribution in [0.25, 0.3) is 0 Å². The van der Waals surface area contributed by atoms with Crippen LogP contribution in [-0.2, 0) is 20.9 Å². The van der Waals surface area contributed by atoms with Gasteiger partial charge in [-0.3, -0.25) is 14.5 Å². The molecule has 0 aliphatic heterocycles. The van der Waals surface area contributed by atoms with E-state index in [0.29, 0.717) is 5.56 Å². The van der Waals surface area contributed by atoms with Gasteiger partial charge in [-0.25, -0.2) is 4.79 Å². The summed E-state index contributed by atoms with van der Waals surface area (Å²) in [6.07, 6.45) is 5.00. The first-order valence-electron chi connectivity index (χ1n) is 11.3. The van der Waals surface area contributed by atoms with Crippen molar-refractivity contribution in [1.29, 1.82) is 0 Å². The average Bonchev–Trinajstić information content (AvgIpc) is 2.80. The summed E-state index contributed by atoms with van der Waals surface area (Å²) in [7, 11) is 0. The van der Waals surface area contributed by atoms with E-state index in [-0.39, 0.29) is 12.3 Å². The topological polar surface area (TPSA) is 87.7 Å². The average molecular weight is 496 g/mol. The van der Waals surface area contributed by atoms with Crippen molar-refractivity contribution in [1.82, 2.24) is 15.5 Å². The summed E-state index contributed by atoms with van der Waals surface area (Å²) in [6.45, 7) is 9.19. The fourth-order valence-corrected chi connectivity index (χ4v) is 3.67. The van der Waals surface area contributed by atoms with Crippen LogP contribution in [-0.4, -0.2) is 40.2 Å². The summed E-state index contributed by atoms with van der Waals surface area (Å²) < 4.78 is 5.26. The van der Waals surface area contributed by atoms with E-state index >= 15 is 0 Å². The summed E-state index contributed by atoms with van der Waals surface area (Å²) in [4.78, 5) is 40.3. The van der Waals surface area contributed by atoms with E-state index in [9.17, 15) is 14.4 Å². The van der Waals surface area contributed by atoms with Crippen LogP contribution in [0.2, 0.25) is 0 Å². The second-order valence-corrected chi connectivity index (χ2v) is 9.48. The van der Waals surface area contributed by atoms with Gasteiger partial charge in [0.25, 0.3) is 5.91 Å². The number of thiol groups is 1. The Labute approximate surface area is 213 Å². The number of hydrogen-bond acceptors (Lipinski definition) is 5. The number of nitrogens with one attached hydrogen (secondary N) is 2. The number of nitrogens with zero attached hydrogens (tertiary/aromatic N) is 1. The van der Waals surface area contributed by atoms with Crippen LogP contribution in [0.4, 0.5) is 4.79 Å². The maximum absolute atomic E-state index is 13.5. The largest absolute Gasteiger partial charge is 0.444 e. The molecule has 0 aliphatic rings. The van der Waals surface area contributed by atoms with E-state index in [1.807, 2.05) is 56.3 Å². The normalized spacial score (nSPS) is 12.6. The van der Waals surface area contributed by atoms with Gasteiger partial charge in [0.05, 0.1) is 0 Å². The molecule has 0 aliphatic carbocycles. The van der Waals surface area contributed by atoms with Gasteiger partial charge in [-0.2, -0.15) is 12.6 Å². The number of amides is 3. The lowest BCUT2D eigenvalue weighted by Crippen LogP contribution is -2.52. The molecule has 0 saturated heterocycles. The first-order valence-corrected chi connectivity index (χ1v) is 11.9. The van der Waals surface area contributed by atoms with Crippen molar-refractivity contribution in [3.8, 4) is 12.5 Å². The van der Waals surface area contributed by atoms with Gasteiger partial charge in [-0.1, -0.05) is 55.0 Å². The molecule has 0 aromatic heterocycles. The zero-order valence-corrected chi connectivity index (χ0v) is 21.7. The minimum absolute atomic E-state index is 0.0403. The van der Waals surface area contributed by atoms with Crippen LogP contribution in [0.15, 0.2) is 48.5 Å². The Morgan fingerprint density at radius 3 is 2.31 bits per heavy atom. The second-order valence-electron chi connectivity index (χ2n) is 9.11. The Morgan fingerprint density at radius 2 is 1.74 bits per heavy atom. The molecule has 2 unspecified atom stereocenters. The molecule has 186 valence electrons. The molecule has 35 heavy (non-hydrogen) atoms. The van der Waals surface area contributed by atoms with Gasteiger partial charge in [0.15, 0.2) is 0 Å². The molecule has 2 aromatic rings. The van der Waals surface area contributed by atoms with Crippen molar-refractivity contribution >= 4 is 30.5 Å². The molecule has 2 atom stereocenters. The predicted molar refractivity (Wildman–Crippen MR) is 140 cm³/mol. The summed E-state index contributed by atoms with van der Waals surface area (Å²) in [5, 5.41) is 5.39. The van der Waals surface area contributed by atoms with Gasteiger partial charge in [-0.05, 0) is 56.9 Å². The van der Waals surface area contributed by atoms with Gasteiger partial charge in [0.1, 0.15) is 17.7 Å². The number of ether oxygens (including phenoxy) is 1. The van der Waals surface area contributed by atoms with Gasteiger partial charge < -0.3 is 15.4 Å². The monoisotopic (exact) mass is 495 g/mol. The highest BCUT2D eigenvalue weighted by Crippen LogP contribution is 2.27. The fourth-order valence-electron chi connectivity index (χ4n) is 3.42. The molecule has 0 radical (unpaired) electrons. The quantitative estimate of drug-likeness (QED) is 0.294. The van der Waals surface area contributed by atoms with Crippen LogP contribution in [0.3, 0.4) is 0 Å². The van der Waals surface area contributed by atoms with E-state index in [1.54, 1.807) is 26.8 Å². The van der Waals surface area contributed by atoms with Gasteiger partial charge >= 0.3 is 6.09 Å². The highest BCUT2D eigenvalue weighted by Gasteiger charge is 2.36. The van der Waals surface area contributed by atoms with Crippen LogP contribution in [0.1, 0.15) is 49.1 Å². The summed E-state index contributed by atoms with van der Waals surface area (Å²) in [5.74, 6) is -1.13. The van der Waals surface area contributed by atoms with E-state index in [2.05, 4.69) is 29.3 Å². The van der Waals surface area contributed by atoms with E-state index in [1.165, 1.54) is 0 Å². The van der Waals surface area contributed by atoms with Crippen LogP contribution in [0.5, 0.6) is 0 Å². The lowest BCUT2D eigenvalue weighted by molar-refractivity contribution is -0.138. The Balaban J connectivity index is 2.39. The number of terminal acetylenes is 1. The maximum atomic E-state index is 13.5. The third-order valence-corrected chi connectivity index (χ3v) is 5.67. The Kier molecular flexibility index (Phi) is 9.78. The highest BCUT2D eigenvalue weighted by molar-refractivity contribution is 7.80. The number of benzene rings is 2. The number of carbonyl (C=O) groups is 3. The Morgan fingerprint density at radius 1 is 1.09 bits per heavy atom. The van der Waals surface area contributed by atoms with Crippen molar-refractivity contribution in [2.75, 3.05) is 5.75 Å². The third kappa shape index (κ3) is 7.79. The van der Waals surface area contributed by atoms with Crippen molar-refractivity contribution < 1.29 is 19.1 Å². The lowest BCUT2D eigenvalue weighted by Gasteiger charge is -2.31. The fraction of sp³-hybridized carbons (Fsp3) is 0.370. The van der Waals surface area contributed by atoms with Crippen molar-refractivity contribution in [2.24, 2.45) is 0 Å². The third-order valence-electron chi connectivity index (χ3n) is 5.31. The number of hydrogen-bond donors (Lipinski definition) is 3. The van der Waals surface area contributed by atoms with Crippen molar-refractivity contribution in [3.05, 3.63) is 70.8 Å². The van der Waals surface area contributed by atoms with Crippen LogP contribution >= 0.6 is 12.6 Å². The minimum atomic E-state index is -1.11. The molecule has 2 aromatic carbocycles. The molecule has 0 spiro atoms. The van der Waals surface area contributed by atoms with Gasteiger partial charge in [0.2, 0.25) is 5.91 Å². The first-order chi connectivity index (χ1) is 16.5. The smallest absolute Gasteiger partial charge is 0.408 e. The molecule has 7 nitrogen and oxygen atoms in total. The standard InChI is InChI=1S/C27H33N3O4S/c1-7-30(25(32)22(17-35)29-26(33)34-27(4,5)6)23(21-15-11-12-18(2)19(21)3)24(31)28-16-20-13-9-8-10-14-20/h1,8-15,22-23,35H,16-17H2,2-6H3,(H,28,31)(H,29,33). The lowest BCUT2D eigenvalue weighted by atomic mass is 9.95. The van der Waals surface area contributed by atoms with E-state index < -0.39 is 35.6 Å². The molecule has 3 amide bonds. The minimum Gasteiger partial charge on any atom is -0.444 e. The Bertz CT molecular complexity index is 1090. The summed E-state index contributed by atoms with van der Waals surface area (Å²) >= 11 is 4.22. The second kappa shape index (κ2) is 12.3. The zero-order chi connectivity index (χ0) is 26.2. The molecule has 0 heterocycles. The number of carbonyl (C=O) groups excluding carboxylic acids is 3. The number of alkyl carbamates (subject to hydrolysis) is 1. The SMILES string of the molecule is C#CN(C(=O)C(CS)NC(=O)OC(C)(C)C)C(C(=O)NCc1ccccc1)c1cccc(C)c1C. The van der Waals surface area contributed by atoms with Gasteiger partial charge in [0, 0.05) is 18.3 Å². The maximum Gasteiger partial charge on any atom is 0.408 e. The Hall–Kier alpha value is -3.44. The van der Waals surface area contributed by atoms with E-state index in [0.717, 1.165) is 21.6 Å². The zero-order valence-electron chi connectivity index (χ0n) is 20.8. The van der Waals surface area contributed by atoms with E-state index in [4.69, 9.17) is 11.2 Å². The summed E-state index contributed by atoms with van der Waals surface area (Å²) in [6, 6.07) is 15.1. The molecule has 8 heteroatoms. The molecule has 2 N–H and O–H groups in total. The number of rotatable bonds is 8. The van der Waals surface area contributed by atoms with Crippen LogP contribution in [0, 0.1) is 26.3 Å². The van der Waals surface area contributed by atoms with Crippen molar-refractivity contribution in [3.63, 3.8) is 0 Å². The molecule has 2 rings (SSSR count). The van der Waals surface area contributed by atoms with Crippen molar-refractivity contribution in [2.45, 2.75) is 58.8 Å². The predicted octanol–water partition coefficient (Wildman–Crippen LogP) is 3.90.